The predicted molar refractivity (Wildman–Crippen MR) is 45.1 cm³/mol. The Morgan fingerprint density at radius 3 is 1.48 bits per heavy atom. The molecule has 5 atom stereocenters. The van der Waals surface area contributed by atoms with E-state index in [0.717, 1.165) is 0 Å². The number of hydrogen-bond acceptors (Lipinski definition) is 3. The van der Waals surface area contributed by atoms with Gasteiger partial charge in [-0.1, -0.05) is 0 Å². The van der Waals surface area contributed by atoms with Gasteiger partial charge >= 0.3 is 35.5 Å². The molecule has 122 valence electrons. The molecule has 0 heterocycles. The molecule has 0 bridgehead atoms. The fraction of sp³-hybridized carbons (Fsp3) is 1.00. The minimum absolute atomic E-state index is 0. The Balaban J connectivity index is 0. The molecule has 3 nitrogen and oxygen atoms in total. The molecule has 0 amide bonds. The molecule has 14 heteroatoms. The van der Waals surface area contributed by atoms with E-state index < -0.39 is 52.7 Å². The Kier molecular flexibility index (Phi) is 9.22. The summed E-state index contributed by atoms with van der Waals surface area (Å²) < 4.78 is 142. The predicted octanol–water partition coefficient (Wildman–Crippen LogP) is -0.916. The van der Waals surface area contributed by atoms with Gasteiger partial charge in [0.25, 0.3) is 11.9 Å². The van der Waals surface area contributed by atoms with Gasteiger partial charge in [-0.15, -0.1) is 0 Å². The van der Waals surface area contributed by atoms with Gasteiger partial charge in [-0.2, -0.15) is 8.78 Å². The van der Waals surface area contributed by atoms with Crippen LogP contribution in [0.2, 0.25) is 0 Å². The Labute approximate surface area is 134 Å². The average molecular weight is 364 g/mol. The van der Waals surface area contributed by atoms with Crippen LogP contribution in [0.3, 0.4) is 0 Å². The molecule has 0 aromatic rings. The van der Waals surface area contributed by atoms with Crippen LogP contribution in [0.25, 0.3) is 0 Å². The SMILES string of the molecule is O=S(=O)([O-])C(F)C(F)(F)C(F)C(F)C(F)C(F)C(F)F.[Na+]. The molecular formula is C7H6F9NaO3S. The van der Waals surface area contributed by atoms with Crippen LogP contribution in [0.5, 0.6) is 0 Å². The Morgan fingerprint density at radius 1 is 0.810 bits per heavy atom. The second-order valence-electron chi connectivity index (χ2n) is 3.55. The monoisotopic (exact) mass is 364 g/mol. The van der Waals surface area contributed by atoms with Crippen LogP contribution in [0.15, 0.2) is 0 Å². The largest absolute Gasteiger partial charge is 1.00 e. The van der Waals surface area contributed by atoms with Crippen molar-refractivity contribution < 1.29 is 82.0 Å². The maximum atomic E-state index is 12.8. The van der Waals surface area contributed by atoms with Gasteiger partial charge in [-0.05, 0) is 0 Å². The number of rotatable bonds is 7. The van der Waals surface area contributed by atoms with Crippen LogP contribution in [-0.2, 0) is 10.1 Å². The summed E-state index contributed by atoms with van der Waals surface area (Å²) in [6.45, 7) is 0. The van der Waals surface area contributed by atoms with Gasteiger partial charge in [0, 0.05) is 0 Å². The Morgan fingerprint density at radius 2 is 1.19 bits per heavy atom. The molecular weight excluding hydrogens is 358 g/mol. The zero-order valence-corrected chi connectivity index (χ0v) is 12.8. The molecule has 0 aromatic carbocycles. The fourth-order valence-electron chi connectivity index (χ4n) is 1.01. The van der Waals surface area contributed by atoms with Crippen molar-refractivity contribution in [1.29, 1.82) is 0 Å². The van der Waals surface area contributed by atoms with Crippen LogP contribution in [0.1, 0.15) is 0 Å². The summed E-state index contributed by atoms with van der Waals surface area (Å²) >= 11 is 0. The molecule has 0 N–H and O–H groups in total. The minimum Gasteiger partial charge on any atom is -0.746 e. The summed E-state index contributed by atoms with van der Waals surface area (Å²) in [7, 11) is -6.44. The van der Waals surface area contributed by atoms with Crippen molar-refractivity contribution in [2.24, 2.45) is 0 Å². The molecule has 0 aromatic heterocycles. The third-order valence-corrected chi connectivity index (χ3v) is 2.87. The second kappa shape index (κ2) is 8.22. The first kappa shape index (κ1) is 23.5. The molecule has 0 saturated heterocycles. The molecule has 0 spiro atoms. The average Bonchev–Trinajstić information content (AvgIpc) is 2.32. The summed E-state index contributed by atoms with van der Waals surface area (Å²) in [5.41, 5.74) is -4.79. The van der Waals surface area contributed by atoms with Crippen molar-refractivity contribution in [2.45, 2.75) is 42.5 Å². The van der Waals surface area contributed by atoms with E-state index in [0.29, 0.717) is 0 Å². The molecule has 0 aliphatic carbocycles. The zero-order chi connectivity index (χ0) is 16.5. The first-order chi connectivity index (χ1) is 8.74. The van der Waals surface area contributed by atoms with Crippen LogP contribution in [-0.4, -0.2) is 55.5 Å². The van der Waals surface area contributed by atoms with E-state index in [-0.39, 0.29) is 29.6 Å². The first-order valence-electron chi connectivity index (χ1n) is 4.55. The Hall–Kier alpha value is 0.280. The van der Waals surface area contributed by atoms with E-state index in [1.165, 1.54) is 0 Å². The quantitative estimate of drug-likeness (QED) is 0.334. The van der Waals surface area contributed by atoms with Crippen molar-refractivity contribution in [1.82, 2.24) is 0 Å². The summed E-state index contributed by atoms with van der Waals surface area (Å²) in [6.07, 6.45) is -21.3. The molecule has 0 saturated carbocycles. The number of halogens is 9. The van der Waals surface area contributed by atoms with Crippen LogP contribution in [0, 0.1) is 0 Å². The van der Waals surface area contributed by atoms with E-state index in [4.69, 9.17) is 0 Å². The van der Waals surface area contributed by atoms with E-state index in [9.17, 15) is 52.5 Å². The molecule has 0 radical (unpaired) electrons. The van der Waals surface area contributed by atoms with E-state index in [1.54, 1.807) is 0 Å². The van der Waals surface area contributed by atoms with Gasteiger partial charge in [-0.3, -0.25) is 0 Å². The maximum Gasteiger partial charge on any atom is 1.00 e. The van der Waals surface area contributed by atoms with Crippen molar-refractivity contribution in [3.8, 4) is 0 Å². The van der Waals surface area contributed by atoms with E-state index in [2.05, 4.69) is 0 Å². The summed E-state index contributed by atoms with van der Waals surface area (Å²) in [4.78, 5) is 0. The van der Waals surface area contributed by atoms with E-state index in [1.807, 2.05) is 0 Å². The van der Waals surface area contributed by atoms with Crippen LogP contribution < -0.4 is 29.6 Å². The fourth-order valence-corrected chi connectivity index (χ4v) is 1.52. The maximum absolute atomic E-state index is 12.8. The minimum atomic E-state index is -6.44. The van der Waals surface area contributed by atoms with E-state index >= 15 is 0 Å². The van der Waals surface area contributed by atoms with Gasteiger partial charge in [0.15, 0.2) is 18.5 Å². The molecule has 0 fully saturated rings. The number of hydrogen-bond donors (Lipinski definition) is 0. The zero-order valence-electron chi connectivity index (χ0n) is 10.00. The van der Waals surface area contributed by atoms with Crippen LogP contribution in [0.4, 0.5) is 39.5 Å². The van der Waals surface area contributed by atoms with Gasteiger partial charge in [0.1, 0.15) is 10.1 Å². The summed E-state index contributed by atoms with van der Waals surface area (Å²) in [5, 5.41) is 0. The van der Waals surface area contributed by atoms with Crippen LogP contribution >= 0.6 is 0 Å². The molecule has 0 aliphatic rings. The third-order valence-electron chi connectivity index (χ3n) is 2.05. The third kappa shape index (κ3) is 5.77. The molecule has 0 aliphatic heterocycles. The molecule has 5 unspecified atom stereocenters. The van der Waals surface area contributed by atoms with Crippen molar-refractivity contribution in [3.05, 3.63) is 0 Å². The Bertz CT molecular complexity index is 420. The molecule has 0 rings (SSSR count). The first-order valence-corrected chi connectivity index (χ1v) is 6.02. The normalized spacial score (nSPS) is 20.3. The molecule has 21 heavy (non-hydrogen) atoms. The van der Waals surface area contributed by atoms with Crippen molar-refractivity contribution >= 4 is 10.1 Å². The number of alkyl halides is 9. The van der Waals surface area contributed by atoms with Gasteiger partial charge < -0.3 is 4.55 Å². The summed E-state index contributed by atoms with van der Waals surface area (Å²) in [6, 6.07) is 0. The van der Waals surface area contributed by atoms with Crippen molar-refractivity contribution in [2.75, 3.05) is 0 Å². The van der Waals surface area contributed by atoms with Crippen molar-refractivity contribution in [3.63, 3.8) is 0 Å². The van der Waals surface area contributed by atoms with Gasteiger partial charge in [0.05, 0.1) is 0 Å². The summed E-state index contributed by atoms with van der Waals surface area (Å²) in [5.74, 6) is -5.88. The second-order valence-corrected chi connectivity index (χ2v) is 4.95. The topological polar surface area (TPSA) is 57.2 Å². The smallest absolute Gasteiger partial charge is 0.746 e. The van der Waals surface area contributed by atoms with Gasteiger partial charge in [-0.25, -0.2) is 39.2 Å². The standard InChI is InChI=1S/C7H7F9O3S.Na/c8-1(3(10)5(12)13)2(9)4(11)7(15,16)6(14)20(17,18)19;/h1-6H,(H,17,18,19);/q;+1/p-1. The van der Waals surface area contributed by atoms with Gasteiger partial charge in [0.2, 0.25) is 6.17 Å².